The first-order valence-corrected chi connectivity index (χ1v) is 9.28. The van der Waals surface area contributed by atoms with Crippen LogP contribution in [0.3, 0.4) is 0 Å². The molecule has 0 spiro atoms. The highest BCUT2D eigenvalue weighted by Crippen LogP contribution is 1.95. The molecule has 0 radical (unpaired) electrons. The van der Waals surface area contributed by atoms with Crippen molar-refractivity contribution in [3.63, 3.8) is 0 Å². The van der Waals surface area contributed by atoms with Crippen molar-refractivity contribution >= 4 is 5.96 Å². The van der Waals surface area contributed by atoms with Crippen molar-refractivity contribution in [2.75, 3.05) is 32.8 Å². The lowest BCUT2D eigenvalue weighted by Gasteiger charge is -2.13. The van der Waals surface area contributed by atoms with E-state index < -0.39 is 0 Å². The van der Waals surface area contributed by atoms with Crippen molar-refractivity contribution in [3.05, 3.63) is 12.2 Å². The van der Waals surface area contributed by atoms with E-state index in [1.807, 2.05) is 6.92 Å². The van der Waals surface area contributed by atoms with E-state index in [4.69, 9.17) is 4.74 Å². The molecule has 1 aromatic rings. The first-order valence-electron chi connectivity index (χ1n) is 9.28. The van der Waals surface area contributed by atoms with Crippen LogP contribution in [0, 0.1) is 0 Å². The number of unbranched alkanes of at least 4 members (excludes halogenated alkanes) is 2. The van der Waals surface area contributed by atoms with Crippen LogP contribution in [0.1, 0.15) is 52.3 Å². The number of hydrogen-bond donors (Lipinski definition) is 2. The van der Waals surface area contributed by atoms with Gasteiger partial charge in [-0.1, -0.05) is 26.7 Å². The van der Waals surface area contributed by atoms with Gasteiger partial charge in [0.1, 0.15) is 12.2 Å². The van der Waals surface area contributed by atoms with Crippen LogP contribution in [0.5, 0.6) is 0 Å². The van der Waals surface area contributed by atoms with Gasteiger partial charge >= 0.3 is 0 Å². The van der Waals surface area contributed by atoms with Gasteiger partial charge in [0.15, 0.2) is 5.96 Å². The Labute approximate surface area is 146 Å². The van der Waals surface area contributed by atoms with Gasteiger partial charge in [0.2, 0.25) is 0 Å². The molecule has 7 nitrogen and oxygen atoms in total. The normalized spacial score (nSPS) is 11.7. The number of hydrogen-bond acceptors (Lipinski definition) is 4. The Bertz CT molecular complexity index is 446. The van der Waals surface area contributed by atoms with Gasteiger partial charge in [-0.15, -0.1) is 10.2 Å². The third-order valence-corrected chi connectivity index (χ3v) is 3.65. The summed E-state index contributed by atoms with van der Waals surface area (Å²) in [6.07, 6.45) is 7.26. The van der Waals surface area contributed by atoms with Crippen molar-refractivity contribution in [2.45, 2.75) is 59.4 Å². The molecule has 24 heavy (non-hydrogen) atoms. The van der Waals surface area contributed by atoms with E-state index >= 15 is 0 Å². The van der Waals surface area contributed by atoms with Crippen LogP contribution >= 0.6 is 0 Å². The number of nitrogens with one attached hydrogen (secondary N) is 2. The first-order chi connectivity index (χ1) is 11.8. The molecule has 0 atom stereocenters. The lowest BCUT2D eigenvalue weighted by Crippen LogP contribution is -2.39. The Kier molecular flexibility index (Phi) is 11.7. The second-order valence-corrected chi connectivity index (χ2v) is 5.64. The zero-order valence-corrected chi connectivity index (χ0v) is 15.6. The Morgan fingerprint density at radius 2 is 2.00 bits per heavy atom. The molecule has 0 aliphatic heterocycles. The van der Waals surface area contributed by atoms with Crippen LogP contribution in [-0.2, 0) is 17.7 Å². The van der Waals surface area contributed by atoms with Gasteiger partial charge in [-0.05, 0) is 19.8 Å². The van der Waals surface area contributed by atoms with E-state index in [0.717, 1.165) is 64.0 Å². The third kappa shape index (κ3) is 8.86. The quantitative estimate of drug-likeness (QED) is 0.327. The second-order valence-electron chi connectivity index (χ2n) is 5.64. The fourth-order valence-corrected chi connectivity index (χ4v) is 2.29. The van der Waals surface area contributed by atoms with Gasteiger partial charge in [0.05, 0.1) is 0 Å². The van der Waals surface area contributed by atoms with Crippen molar-refractivity contribution in [1.29, 1.82) is 0 Å². The van der Waals surface area contributed by atoms with E-state index in [1.165, 1.54) is 19.3 Å². The molecule has 0 amide bonds. The molecule has 0 saturated carbocycles. The van der Waals surface area contributed by atoms with Crippen molar-refractivity contribution in [2.24, 2.45) is 4.99 Å². The predicted octanol–water partition coefficient (Wildman–Crippen LogP) is 1.99. The number of aryl methyl sites for hydroxylation is 1. The minimum absolute atomic E-state index is 0.767. The van der Waals surface area contributed by atoms with Crippen molar-refractivity contribution in [3.8, 4) is 0 Å². The first kappa shape index (κ1) is 20.4. The largest absolute Gasteiger partial charge is 0.382 e. The van der Waals surface area contributed by atoms with Gasteiger partial charge in [0.25, 0.3) is 0 Å². The fraction of sp³-hybridized carbons (Fsp3) is 0.824. The molecular formula is C17H34N6O. The molecule has 0 aliphatic carbocycles. The second kappa shape index (κ2) is 13.8. The summed E-state index contributed by atoms with van der Waals surface area (Å²) in [7, 11) is 0. The molecule has 0 bridgehead atoms. The van der Waals surface area contributed by atoms with E-state index in [-0.39, 0.29) is 0 Å². The SMILES string of the molecule is CCCCCNC(=NCCCOCC)NCCn1cnnc1CC. The molecule has 0 unspecified atom stereocenters. The van der Waals surface area contributed by atoms with Crippen molar-refractivity contribution in [1.82, 2.24) is 25.4 Å². The minimum atomic E-state index is 0.767. The topological polar surface area (TPSA) is 76.4 Å². The van der Waals surface area contributed by atoms with Gasteiger partial charge in [-0.3, -0.25) is 4.99 Å². The molecule has 2 N–H and O–H groups in total. The number of aliphatic imine (C=N–C) groups is 1. The van der Waals surface area contributed by atoms with Crippen LogP contribution in [0.2, 0.25) is 0 Å². The van der Waals surface area contributed by atoms with Gasteiger partial charge < -0.3 is 19.9 Å². The average Bonchev–Trinajstić information content (AvgIpc) is 3.05. The number of ether oxygens (including phenoxy) is 1. The maximum absolute atomic E-state index is 5.36. The molecule has 1 heterocycles. The van der Waals surface area contributed by atoms with Gasteiger partial charge in [-0.25, -0.2) is 0 Å². The molecule has 0 aromatic carbocycles. The average molecular weight is 339 g/mol. The Balaban J connectivity index is 2.37. The Hall–Kier alpha value is -1.63. The molecule has 1 aromatic heterocycles. The third-order valence-electron chi connectivity index (χ3n) is 3.65. The van der Waals surface area contributed by atoms with Crippen LogP contribution in [0.4, 0.5) is 0 Å². The minimum Gasteiger partial charge on any atom is -0.382 e. The van der Waals surface area contributed by atoms with Crippen LogP contribution in [0.25, 0.3) is 0 Å². The predicted molar refractivity (Wildman–Crippen MR) is 98.3 cm³/mol. The summed E-state index contributed by atoms with van der Waals surface area (Å²) in [4.78, 5) is 4.63. The summed E-state index contributed by atoms with van der Waals surface area (Å²) >= 11 is 0. The highest BCUT2D eigenvalue weighted by molar-refractivity contribution is 5.79. The maximum Gasteiger partial charge on any atom is 0.191 e. The summed E-state index contributed by atoms with van der Waals surface area (Å²) in [5, 5.41) is 14.9. The molecule has 1 rings (SSSR count). The number of aromatic nitrogens is 3. The molecular weight excluding hydrogens is 304 g/mol. The summed E-state index contributed by atoms with van der Waals surface area (Å²) in [5.41, 5.74) is 0. The summed E-state index contributed by atoms with van der Waals surface area (Å²) in [5.74, 6) is 1.90. The van der Waals surface area contributed by atoms with E-state index in [9.17, 15) is 0 Å². The Morgan fingerprint density at radius 1 is 1.17 bits per heavy atom. The lowest BCUT2D eigenvalue weighted by molar-refractivity contribution is 0.146. The zero-order chi connectivity index (χ0) is 17.5. The van der Waals surface area contributed by atoms with Crippen molar-refractivity contribution < 1.29 is 4.74 Å². The number of guanidine groups is 1. The highest BCUT2D eigenvalue weighted by Gasteiger charge is 2.02. The van der Waals surface area contributed by atoms with Crippen LogP contribution in [-0.4, -0.2) is 53.6 Å². The highest BCUT2D eigenvalue weighted by atomic mass is 16.5. The lowest BCUT2D eigenvalue weighted by atomic mass is 10.2. The smallest absolute Gasteiger partial charge is 0.191 e. The molecule has 138 valence electrons. The standard InChI is InChI=1S/C17H34N6O/c1-4-7-8-10-18-17(19-11-9-14-24-6-3)20-12-13-23-15-21-22-16(23)5-2/h15H,4-14H2,1-3H3,(H2,18,19,20). The molecule has 0 fully saturated rings. The Morgan fingerprint density at radius 3 is 2.75 bits per heavy atom. The van der Waals surface area contributed by atoms with Crippen LogP contribution < -0.4 is 10.6 Å². The number of nitrogens with zero attached hydrogens (tertiary/aromatic N) is 4. The monoisotopic (exact) mass is 338 g/mol. The molecule has 0 saturated heterocycles. The van der Waals surface area contributed by atoms with E-state index in [0.29, 0.717) is 0 Å². The summed E-state index contributed by atoms with van der Waals surface area (Å²) in [6.45, 7) is 11.2. The summed E-state index contributed by atoms with van der Waals surface area (Å²) < 4.78 is 7.44. The molecule has 0 aliphatic rings. The van der Waals surface area contributed by atoms with E-state index in [2.05, 4.69) is 44.2 Å². The maximum atomic E-state index is 5.36. The summed E-state index contributed by atoms with van der Waals surface area (Å²) in [6, 6.07) is 0. The van der Waals surface area contributed by atoms with Gasteiger partial charge in [-0.2, -0.15) is 0 Å². The fourth-order valence-electron chi connectivity index (χ4n) is 2.29. The van der Waals surface area contributed by atoms with E-state index in [1.54, 1.807) is 6.33 Å². The van der Waals surface area contributed by atoms with Crippen LogP contribution in [0.15, 0.2) is 11.3 Å². The number of rotatable bonds is 13. The zero-order valence-electron chi connectivity index (χ0n) is 15.6. The van der Waals surface area contributed by atoms with Gasteiger partial charge in [0, 0.05) is 45.8 Å². The molecule has 7 heteroatoms.